The zero-order chi connectivity index (χ0) is 20.4. The highest BCUT2D eigenvalue weighted by Crippen LogP contribution is 2.32. The normalized spacial score (nSPS) is 10.9. The summed E-state index contributed by atoms with van der Waals surface area (Å²) in [5.41, 5.74) is 2.48. The van der Waals surface area contributed by atoms with E-state index in [-0.39, 0.29) is 5.57 Å². The summed E-state index contributed by atoms with van der Waals surface area (Å²) in [7, 11) is 1.53. The van der Waals surface area contributed by atoms with Gasteiger partial charge in [-0.05, 0) is 49.6 Å². The fourth-order valence-corrected chi connectivity index (χ4v) is 2.77. The molecule has 0 aromatic heterocycles. The number of benzene rings is 2. The van der Waals surface area contributed by atoms with Gasteiger partial charge >= 0.3 is 0 Å². The second kappa shape index (κ2) is 10.8. The quantitative estimate of drug-likeness (QED) is 0.493. The lowest BCUT2D eigenvalue weighted by Crippen LogP contribution is -2.13. The number of rotatable bonds is 9. The SMILES string of the molecule is CCCCc1ccc(NC(=O)/C(C#N)=C/c2cccc(OCC)c2OC)cc1. The smallest absolute Gasteiger partial charge is 0.266 e. The largest absolute Gasteiger partial charge is 0.492 e. The predicted octanol–water partition coefficient (Wildman–Crippen LogP) is 4.98. The third-order valence-electron chi connectivity index (χ3n) is 4.21. The molecule has 0 unspecified atom stereocenters. The number of anilines is 1. The van der Waals surface area contributed by atoms with Crippen molar-refractivity contribution in [1.82, 2.24) is 0 Å². The predicted molar refractivity (Wildman–Crippen MR) is 111 cm³/mol. The van der Waals surface area contributed by atoms with Crippen molar-refractivity contribution in [3.63, 3.8) is 0 Å². The van der Waals surface area contributed by atoms with Crippen LogP contribution in [0.3, 0.4) is 0 Å². The number of hydrogen-bond donors (Lipinski definition) is 1. The van der Waals surface area contributed by atoms with Gasteiger partial charge in [0.25, 0.3) is 5.91 Å². The van der Waals surface area contributed by atoms with Crippen LogP contribution in [0, 0.1) is 11.3 Å². The van der Waals surface area contributed by atoms with E-state index in [0.717, 1.165) is 19.3 Å². The first-order valence-electron chi connectivity index (χ1n) is 9.44. The molecule has 0 aliphatic carbocycles. The van der Waals surface area contributed by atoms with Crippen LogP contribution in [0.2, 0.25) is 0 Å². The Hall–Kier alpha value is -3.26. The Labute approximate surface area is 166 Å². The van der Waals surface area contributed by atoms with Crippen molar-refractivity contribution in [3.05, 3.63) is 59.2 Å². The molecule has 2 rings (SSSR count). The number of carbonyl (C=O) groups is 1. The van der Waals surface area contributed by atoms with Crippen LogP contribution in [-0.2, 0) is 11.2 Å². The molecule has 5 heteroatoms. The van der Waals surface area contributed by atoms with Gasteiger partial charge in [-0.2, -0.15) is 5.26 Å². The molecule has 0 bridgehead atoms. The molecule has 28 heavy (non-hydrogen) atoms. The van der Waals surface area contributed by atoms with E-state index in [1.807, 2.05) is 37.3 Å². The van der Waals surface area contributed by atoms with Crippen molar-refractivity contribution >= 4 is 17.7 Å². The number of amides is 1. The van der Waals surface area contributed by atoms with E-state index < -0.39 is 5.91 Å². The second-order valence-electron chi connectivity index (χ2n) is 6.24. The molecule has 1 amide bonds. The van der Waals surface area contributed by atoms with Crippen molar-refractivity contribution < 1.29 is 14.3 Å². The molecule has 5 nitrogen and oxygen atoms in total. The lowest BCUT2D eigenvalue weighted by atomic mass is 10.1. The molecule has 0 saturated carbocycles. The highest BCUT2D eigenvalue weighted by atomic mass is 16.5. The van der Waals surface area contributed by atoms with Gasteiger partial charge in [0.15, 0.2) is 11.5 Å². The number of hydrogen-bond acceptors (Lipinski definition) is 4. The Kier molecular flexibility index (Phi) is 8.11. The van der Waals surface area contributed by atoms with Gasteiger partial charge < -0.3 is 14.8 Å². The van der Waals surface area contributed by atoms with Crippen LogP contribution in [0.5, 0.6) is 11.5 Å². The van der Waals surface area contributed by atoms with Crippen LogP contribution >= 0.6 is 0 Å². The van der Waals surface area contributed by atoms with Gasteiger partial charge in [0.1, 0.15) is 11.6 Å². The summed E-state index contributed by atoms with van der Waals surface area (Å²) < 4.78 is 10.9. The zero-order valence-electron chi connectivity index (χ0n) is 16.6. The van der Waals surface area contributed by atoms with E-state index in [9.17, 15) is 10.1 Å². The van der Waals surface area contributed by atoms with Crippen molar-refractivity contribution in [1.29, 1.82) is 5.26 Å². The first kappa shape index (κ1) is 21.0. The summed E-state index contributed by atoms with van der Waals surface area (Å²) in [5, 5.41) is 12.2. The average molecular weight is 378 g/mol. The van der Waals surface area contributed by atoms with Crippen LogP contribution in [0.1, 0.15) is 37.8 Å². The maximum atomic E-state index is 12.5. The summed E-state index contributed by atoms with van der Waals surface area (Å²) >= 11 is 0. The van der Waals surface area contributed by atoms with Gasteiger partial charge in [-0.3, -0.25) is 4.79 Å². The number of nitriles is 1. The zero-order valence-corrected chi connectivity index (χ0v) is 16.6. The number of nitrogens with zero attached hydrogens (tertiary/aromatic N) is 1. The Balaban J connectivity index is 2.19. The van der Waals surface area contributed by atoms with Gasteiger partial charge in [-0.15, -0.1) is 0 Å². The third kappa shape index (κ3) is 5.62. The topological polar surface area (TPSA) is 71.4 Å². The van der Waals surface area contributed by atoms with Crippen molar-refractivity contribution in [2.24, 2.45) is 0 Å². The average Bonchev–Trinajstić information content (AvgIpc) is 2.71. The maximum Gasteiger partial charge on any atom is 0.266 e. The van der Waals surface area contributed by atoms with Gasteiger partial charge in [-0.1, -0.05) is 37.6 Å². The molecule has 1 N–H and O–H groups in total. The molecular formula is C23H26N2O3. The van der Waals surface area contributed by atoms with Crippen molar-refractivity contribution in [3.8, 4) is 17.6 Å². The number of aryl methyl sites for hydroxylation is 1. The van der Waals surface area contributed by atoms with Gasteiger partial charge in [-0.25, -0.2) is 0 Å². The Morgan fingerprint density at radius 3 is 2.54 bits per heavy atom. The molecule has 0 spiro atoms. The number of para-hydroxylation sites is 1. The van der Waals surface area contributed by atoms with E-state index in [2.05, 4.69) is 12.2 Å². The van der Waals surface area contributed by atoms with E-state index in [1.54, 1.807) is 18.2 Å². The molecule has 2 aromatic rings. The summed E-state index contributed by atoms with van der Waals surface area (Å²) in [4.78, 5) is 12.5. The molecule has 146 valence electrons. The maximum absolute atomic E-state index is 12.5. The van der Waals surface area contributed by atoms with E-state index >= 15 is 0 Å². The molecule has 0 aliphatic rings. The summed E-state index contributed by atoms with van der Waals surface area (Å²) in [6, 6.07) is 15.0. The minimum Gasteiger partial charge on any atom is -0.492 e. The third-order valence-corrected chi connectivity index (χ3v) is 4.21. The Morgan fingerprint density at radius 1 is 1.18 bits per heavy atom. The molecule has 0 radical (unpaired) electrons. The van der Waals surface area contributed by atoms with Crippen LogP contribution < -0.4 is 14.8 Å². The second-order valence-corrected chi connectivity index (χ2v) is 6.24. The molecule has 0 atom stereocenters. The lowest BCUT2D eigenvalue weighted by Gasteiger charge is -2.12. The summed E-state index contributed by atoms with van der Waals surface area (Å²) in [6.07, 6.45) is 4.80. The van der Waals surface area contributed by atoms with Gasteiger partial charge in [0.05, 0.1) is 13.7 Å². The van der Waals surface area contributed by atoms with Crippen LogP contribution in [0.15, 0.2) is 48.0 Å². The van der Waals surface area contributed by atoms with Crippen molar-refractivity contribution in [2.45, 2.75) is 33.1 Å². The monoisotopic (exact) mass is 378 g/mol. The van der Waals surface area contributed by atoms with E-state index in [0.29, 0.717) is 29.4 Å². The fraction of sp³-hybridized carbons (Fsp3) is 0.304. The molecule has 0 fully saturated rings. The van der Waals surface area contributed by atoms with Crippen LogP contribution in [0.25, 0.3) is 6.08 Å². The van der Waals surface area contributed by atoms with Crippen molar-refractivity contribution in [2.75, 3.05) is 19.0 Å². The highest BCUT2D eigenvalue weighted by Gasteiger charge is 2.13. The van der Waals surface area contributed by atoms with Gasteiger partial charge in [0, 0.05) is 11.3 Å². The van der Waals surface area contributed by atoms with Gasteiger partial charge in [0.2, 0.25) is 0 Å². The molecule has 0 heterocycles. The minimum atomic E-state index is -0.465. The standard InChI is InChI=1S/C23H26N2O3/c1-4-6-8-17-11-13-20(14-12-17)25-23(26)19(16-24)15-18-9-7-10-21(28-5-2)22(18)27-3/h7,9-15H,4-6,8H2,1-3H3,(H,25,26)/b19-15+. The number of ether oxygens (including phenoxy) is 2. The number of carbonyl (C=O) groups excluding carboxylic acids is 1. The first-order valence-corrected chi connectivity index (χ1v) is 9.44. The number of nitrogens with one attached hydrogen (secondary N) is 1. The highest BCUT2D eigenvalue weighted by molar-refractivity contribution is 6.09. The Bertz CT molecular complexity index is 864. The summed E-state index contributed by atoms with van der Waals surface area (Å²) in [5.74, 6) is 0.594. The van der Waals surface area contributed by atoms with Crippen LogP contribution in [-0.4, -0.2) is 19.6 Å². The molecular weight excluding hydrogens is 352 g/mol. The lowest BCUT2D eigenvalue weighted by molar-refractivity contribution is -0.112. The van der Waals surface area contributed by atoms with E-state index in [1.165, 1.54) is 18.7 Å². The molecule has 2 aromatic carbocycles. The Morgan fingerprint density at radius 2 is 1.93 bits per heavy atom. The number of unbranched alkanes of at least 4 members (excludes halogenated alkanes) is 1. The minimum absolute atomic E-state index is 0.0120. The first-order chi connectivity index (χ1) is 13.6. The van der Waals surface area contributed by atoms with E-state index in [4.69, 9.17) is 9.47 Å². The molecule has 0 saturated heterocycles. The molecule has 0 aliphatic heterocycles. The number of methoxy groups -OCH3 is 1. The summed E-state index contributed by atoms with van der Waals surface area (Å²) in [6.45, 7) is 4.52. The van der Waals surface area contributed by atoms with Crippen LogP contribution in [0.4, 0.5) is 5.69 Å². The fourth-order valence-electron chi connectivity index (χ4n) is 2.77.